The molecule has 0 unspecified atom stereocenters. The van der Waals surface area contributed by atoms with Crippen LogP contribution in [0, 0.1) is 23.2 Å². The maximum Gasteiger partial charge on any atom is 0.229 e. The van der Waals surface area contributed by atoms with Gasteiger partial charge in [-0.1, -0.05) is 50.3 Å². The standard InChI is InChI=1S/C20H26N2O/c1-16(2)20(23)22(15-17-9-4-3-5-10-17)19-13-7-6-11-18(19)12-8-14-21/h3-5,9-10,13,16,18H,6-8,11-12,15H2,1-2H3/t18-/m1/s1. The van der Waals surface area contributed by atoms with Crippen molar-refractivity contribution < 1.29 is 4.79 Å². The zero-order valence-electron chi connectivity index (χ0n) is 14.2. The SMILES string of the molecule is CC(C)C(=O)N(Cc1ccccc1)C1=CCCC[C@@H]1CCC#N. The zero-order chi connectivity index (χ0) is 16.7. The Hall–Kier alpha value is -2.08. The Morgan fingerprint density at radius 3 is 2.74 bits per heavy atom. The predicted octanol–water partition coefficient (Wildman–Crippen LogP) is 4.66. The smallest absolute Gasteiger partial charge is 0.229 e. The highest BCUT2D eigenvalue weighted by Gasteiger charge is 2.28. The number of benzene rings is 1. The summed E-state index contributed by atoms with van der Waals surface area (Å²) in [7, 11) is 0. The van der Waals surface area contributed by atoms with Crippen LogP contribution in [-0.4, -0.2) is 10.8 Å². The van der Waals surface area contributed by atoms with Crippen molar-refractivity contribution in [2.24, 2.45) is 11.8 Å². The molecule has 0 saturated carbocycles. The molecule has 122 valence electrons. The molecule has 23 heavy (non-hydrogen) atoms. The van der Waals surface area contributed by atoms with Crippen molar-refractivity contribution >= 4 is 5.91 Å². The van der Waals surface area contributed by atoms with Gasteiger partial charge in [0, 0.05) is 18.0 Å². The van der Waals surface area contributed by atoms with Gasteiger partial charge in [-0.2, -0.15) is 5.26 Å². The maximum absolute atomic E-state index is 12.8. The molecule has 1 aromatic carbocycles. The van der Waals surface area contributed by atoms with Crippen LogP contribution in [0.2, 0.25) is 0 Å². The molecule has 0 spiro atoms. The van der Waals surface area contributed by atoms with Gasteiger partial charge in [0.2, 0.25) is 5.91 Å². The molecular weight excluding hydrogens is 284 g/mol. The largest absolute Gasteiger partial charge is 0.312 e. The fourth-order valence-corrected chi connectivity index (χ4v) is 3.16. The highest BCUT2D eigenvalue weighted by molar-refractivity contribution is 5.80. The lowest BCUT2D eigenvalue weighted by Crippen LogP contribution is -2.36. The number of carbonyl (C=O) groups excluding carboxylic acids is 1. The average molecular weight is 310 g/mol. The quantitative estimate of drug-likeness (QED) is 0.767. The number of rotatable bonds is 6. The third kappa shape index (κ3) is 4.69. The Morgan fingerprint density at radius 1 is 1.35 bits per heavy atom. The number of amides is 1. The first kappa shape index (κ1) is 17.3. The number of hydrogen-bond acceptors (Lipinski definition) is 2. The third-order valence-electron chi connectivity index (χ3n) is 4.39. The van der Waals surface area contributed by atoms with Crippen LogP contribution in [0.25, 0.3) is 0 Å². The lowest BCUT2D eigenvalue weighted by Gasteiger charge is -2.34. The fourth-order valence-electron chi connectivity index (χ4n) is 3.16. The zero-order valence-corrected chi connectivity index (χ0v) is 14.2. The topological polar surface area (TPSA) is 44.1 Å². The molecule has 0 fully saturated rings. The maximum atomic E-state index is 12.8. The summed E-state index contributed by atoms with van der Waals surface area (Å²) in [5, 5.41) is 8.90. The fraction of sp³-hybridized carbons (Fsp3) is 0.500. The summed E-state index contributed by atoms with van der Waals surface area (Å²) in [5.41, 5.74) is 2.28. The van der Waals surface area contributed by atoms with Gasteiger partial charge in [0.1, 0.15) is 0 Å². The van der Waals surface area contributed by atoms with Gasteiger partial charge in [0.05, 0.1) is 12.6 Å². The Balaban J connectivity index is 2.26. The Labute approximate surface area is 139 Å². The van der Waals surface area contributed by atoms with E-state index in [-0.39, 0.29) is 11.8 Å². The van der Waals surface area contributed by atoms with E-state index in [4.69, 9.17) is 5.26 Å². The number of nitriles is 1. The van der Waals surface area contributed by atoms with Crippen molar-refractivity contribution in [1.29, 1.82) is 5.26 Å². The van der Waals surface area contributed by atoms with Gasteiger partial charge in [-0.15, -0.1) is 0 Å². The van der Waals surface area contributed by atoms with Crippen molar-refractivity contribution in [1.82, 2.24) is 4.90 Å². The molecule has 0 aromatic heterocycles. The van der Waals surface area contributed by atoms with Crippen LogP contribution in [0.3, 0.4) is 0 Å². The van der Waals surface area contributed by atoms with Crippen molar-refractivity contribution in [3.05, 3.63) is 47.7 Å². The van der Waals surface area contributed by atoms with E-state index in [1.54, 1.807) is 0 Å². The monoisotopic (exact) mass is 310 g/mol. The summed E-state index contributed by atoms with van der Waals surface area (Å²) in [6.07, 6.45) is 6.86. The van der Waals surface area contributed by atoms with Crippen molar-refractivity contribution in [2.45, 2.75) is 52.5 Å². The van der Waals surface area contributed by atoms with Gasteiger partial charge in [-0.05, 0) is 37.2 Å². The summed E-state index contributed by atoms with van der Waals surface area (Å²) < 4.78 is 0. The summed E-state index contributed by atoms with van der Waals surface area (Å²) >= 11 is 0. The van der Waals surface area contributed by atoms with Gasteiger partial charge in [0.15, 0.2) is 0 Å². The minimum atomic E-state index is -0.0295. The van der Waals surface area contributed by atoms with Gasteiger partial charge in [0.25, 0.3) is 0 Å². The molecule has 1 aliphatic rings. The molecule has 0 heterocycles. The molecule has 0 N–H and O–H groups in total. The summed E-state index contributed by atoms with van der Waals surface area (Å²) in [6.45, 7) is 4.52. The Kier molecular flexibility index (Phi) is 6.40. The van der Waals surface area contributed by atoms with Crippen LogP contribution in [0.1, 0.15) is 51.5 Å². The van der Waals surface area contributed by atoms with E-state index in [9.17, 15) is 4.79 Å². The summed E-state index contributed by atoms with van der Waals surface area (Å²) in [6, 6.07) is 12.4. The Morgan fingerprint density at radius 2 is 2.09 bits per heavy atom. The molecular formula is C20H26N2O. The summed E-state index contributed by atoms with van der Waals surface area (Å²) in [5.74, 6) is 0.469. The van der Waals surface area contributed by atoms with Crippen LogP contribution in [0.4, 0.5) is 0 Å². The lowest BCUT2D eigenvalue weighted by molar-refractivity contribution is -0.133. The second kappa shape index (κ2) is 8.53. The second-order valence-corrected chi connectivity index (χ2v) is 6.52. The van der Waals surface area contributed by atoms with Crippen molar-refractivity contribution in [3.8, 4) is 6.07 Å². The molecule has 2 rings (SSSR count). The van der Waals surface area contributed by atoms with Crippen LogP contribution >= 0.6 is 0 Å². The van der Waals surface area contributed by atoms with Crippen LogP contribution in [-0.2, 0) is 11.3 Å². The summed E-state index contributed by atoms with van der Waals surface area (Å²) in [4.78, 5) is 14.7. The average Bonchev–Trinajstić information content (AvgIpc) is 2.58. The van der Waals surface area contributed by atoms with Crippen molar-refractivity contribution in [3.63, 3.8) is 0 Å². The van der Waals surface area contributed by atoms with E-state index in [2.05, 4.69) is 24.3 Å². The van der Waals surface area contributed by atoms with E-state index < -0.39 is 0 Å². The van der Waals surface area contributed by atoms with E-state index in [1.165, 1.54) is 0 Å². The van der Waals surface area contributed by atoms with E-state index >= 15 is 0 Å². The molecule has 1 atom stereocenters. The van der Waals surface area contributed by atoms with E-state index in [0.29, 0.717) is 18.9 Å². The van der Waals surface area contributed by atoms with Gasteiger partial charge in [-0.3, -0.25) is 4.79 Å². The van der Waals surface area contributed by atoms with Crippen LogP contribution in [0.5, 0.6) is 0 Å². The predicted molar refractivity (Wildman–Crippen MR) is 92.1 cm³/mol. The number of carbonyl (C=O) groups is 1. The molecule has 1 aromatic rings. The molecule has 0 radical (unpaired) electrons. The van der Waals surface area contributed by atoms with Crippen LogP contribution in [0.15, 0.2) is 42.1 Å². The highest BCUT2D eigenvalue weighted by atomic mass is 16.2. The first-order valence-electron chi connectivity index (χ1n) is 8.55. The molecule has 3 heteroatoms. The molecule has 1 amide bonds. The molecule has 0 saturated heterocycles. The normalized spacial score (nSPS) is 17.5. The first-order chi connectivity index (χ1) is 11.1. The number of hydrogen-bond donors (Lipinski definition) is 0. The molecule has 0 aliphatic heterocycles. The van der Waals surface area contributed by atoms with Gasteiger partial charge >= 0.3 is 0 Å². The molecule has 3 nitrogen and oxygen atoms in total. The minimum Gasteiger partial charge on any atom is -0.312 e. The second-order valence-electron chi connectivity index (χ2n) is 6.52. The van der Waals surface area contributed by atoms with E-state index in [1.807, 2.05) is 36.9 Å². The van der Waals surface area contributed by atoms with Gasteiger partial charge < -0.3 is 4.90 Å². The highest BCUT2D eigenvalue weighted by Crippen LogP contribution is 2.32. The number of nitrogens with zero attached hydrogens (tertiary/aromatic N) is 2. The van der Waals surface area contributed by atoms with Crippen molar-refractivity contribution in [2.75, 3.05) is 0 Å². The number of allylic oxidation sites excluding steroid dienone is 2. The lowest BCUT2D eigenvalue weighted by atomic mass is 9.87. The minimum absolute atomic E-state index is 0.0295. The van der Waals surface area contributed by atoms with Crippen LogP contribution < -0.4 is 0 Å². The van der Waals surface area contributed by atoms with E-state index in [0.717, 1.165) is 36.9 Å². The first-order valence-corrected chi connectivity index (χ1v) is 8.55. The molecule has 1 aliphatic carbocycles. The Bertz CT molecular complexity index is 583. The van der Waals surface area contributed by atoms with Gasteiger partial charge in [-0.25, -0.2) is 0 Å². The third-order valence-corrected chi connectivity index (χ3v) is 4.39. The molecule has 0 bridgehead atoms.